The molecule has 1 unspecified atom stereocenters. The van der Waals surface area contributed by atoms with Gasteiger partial charge in [0, 0.05) is 43.8 Å². The van der Waals surface area contributed by atoms with Gasteiger partial charge >= 0.3 is 0 Å². The summed E-state index contributed by atoms with van der Waals surface area (Å²) in [7, 11) is 0. The van der Waals surface area contributed by atoms with E-state index in [1.165, 1.54) is 5.39 Å². The second-order valence-corrected chi connectivity index (χ2v) is 12.2. The van der Waals surface area contributed by atoms with Crippen LogP contribution in [0.3, 0.4) is 0 Å². The standard InChI is InChI=1S/C43H27N3O2/c1-2-11-27(12-3-1)31-15-8-16-34-39-35(17-9-19-37(39)48-40(31)34)43-45-41(29-21-20-26-10-4-5-13-28(26)24-29)44-42(46-43)30-22-23-33-32-14-6-7-18-36(32)47-38(33)25-30/h1-25,43H,(H,44,45,46). The molecule has 0 amide bonds. The summed E-state index contributed by atoms with van der Waals surface area (Å²) in [6.45, 7) is 0. The van der Waals surface area contributed by atoms with Crippen LogP contribution in [0.1, 0.15) is 22.9 Å². The highest BCUT2D eigenvalue weighted by Gasteiger charge is 2.25. The lowest BCUT2D eigenvalue weighted by molar-refractivity contribution is 0.662. The lowest BCUT2D eigenvalue weighted by Crippen LogP contribution is -2.33. The minimum absolute atomic E-state index is 0.421. The van der Waals surface area contributed by atoms with Crippen molar-refractivity contribution in [1.82, 2.24) is 5.32 Å². The Morgan fingerprint density at radius 2 is 1.25 bits per heavy atom. The highest BCUT2D eigenvalue weighted by atomic mass is 16.3. The van der Waals surface area contributed by atoms with Crippen LogP contribution in [0.15, 0.2) is 170 Å². The number of amidine groups is 2. The fourth-order valence-electron chi connectivity index (χ4n) is 7.04. The SMILES string of the molecule is c1ccc(-c2cccc3c2oc2cccc(C4N=C(c5ccc6ccccc6c5)N=C(c5ccc6c(c5)oc5ccccc56)N4)c23)cc1. The molecule has 9 aromatic rings. The van der Waals surface area contributed by atoms with E-state index in [9.17, 15) is 0 Å². The average molecular weight is 618 g/mol. The van der Waals surface area contributed by atoms with E-state index in [1.54, 1.807) is 0 Å². The number of rotatable bonds is 4. The summed E-state index contributed by atoms with van der Waals surface area (Å²) >= 11 is 0. The Kier molecular flexibility index (Phi) is 5.87. The van der Waals surface area contributed by atoms with Crippen molar-refractivity contribution in [3.63, 3.8) is 0 Å². The monoisotopic (exact) mass is 617 g/mol. The van der Waals surface area contributed by atoms with Crippen LogP contribution in [0.2, 0.25) is 0 Å². The molecule has 1 aliphatic heterocycles. The molecule has 5 heteroatoms. The zero-order valence-corrected chi connectivity index (χ0v) is 25.7. The molecule has 0 saturated heterocycles. The van der Waals surface area contributed by atoms with E-state index in [0.29, 0.717) is 5.84 Å². The number of benzene rings is 7. The molecular weight excluding hydrogens is 590 g/mol. The number of para-hydroxylation sites is 2. The molecule has 48 heavy (non-hydrogen) atoms. The first-order chi connectivity index (χ1) is 23.8. The van der Waals surface area contributed by atoms with Crippen LogP contribution in [0.25, 0.3) is 65.8 Å². The number of nitrogens with one attached hydrogen (secondary N) is 1. The largest absolute Gasteiger partial charge is 0.456 e. The van der Waals surface area contributed by atoms with E-state index >= 15 is 0 Å². The van der Waals surface area contributed by atoms with Crippen molar-refractivity contribution in [2.45, 2.75) is 6.17 Å². The van der Waals surface area contributed by atoms with Crippen LogP contribution < -0.4 is 5.32 Å². The van der Waals surface area contributed by atoms with E-state index in [1.807, 2.05) is 36.4 Å². The Morgan fingerprint density at radius 3 is 2.19 bits per heavy atom. The summed E-state index contributed by atoms with van der Waals surface area (Å²) in [6, 6.07) is 52.2. The zero-order chi connectivity index (χ0) is 31.6. The van der Waals surface area contributed by atoms with E-state index in [2.05, 4.69) is 121 Å². The molecule has 5 nitrogen and oxygen atoms in total. The second-order valence-electron chi connectivity index (χ2n) is 12.2. The van der Waals surface area contributed by atoms with Crippen molar-refractivity contribution in [2.75, 3.05) is 0 Å². The minimum Gasteiger partial charge on any atom is -0.456 e. The molecule has 0 fully saturated rings. The van der Waals surface area contributed by atoms with E-state index in [4.69, 9.17) is 18.8 Å². The van der Waals surface area contributed by atoms with Gasteiger partial charge in [0.25, 0.3) is 0 Å². The molecule has 0 radical (unpaired) electrons. The number of hydrogen-bond acceptors (Lipinski definition) is 5. The van der Waals surface area contributed by atoms with Gasteiger partial charge in [0.05, 0.1) is 0 Å². The van der Waals surface area contributed by atoms with E-state index in [-0.39, 0.29) is 0 Å². The van der Waals surface area contributed by atoms with Crippen molar-refractivity contribution in [1.29, 1.82) is 0 Å². The van der Waals surface area contributed by atoms with Crippen LogP contribution in [-0.4, -0.2) is 11.7 Å². The third kappa shape index (κ3) is 4.25. The van der Waals surface area contributed by atoms with Crippen molar-refractivity contribution >= 4 is 66.3 Å². The molecule has 7 aromatic carbocycles. The number of nitrogens with zero attached hydrogens (tertiary/aromatic N) is 2. The van der Waals surface area contributed by atoms with Crippen LogP contribution >= 0.6 is 0 Å². The van der Waals surface area contributed by atoms with E-state index in [0.717, 1.165) is 82.9 Å². The first-order valence-corrected chi connectivity index (χ1v) is 16.1. The Bertz CT molecular complexity index is 2770. The van der Waals surface area contributed by atoms with Crippen LogP contribution in [0.5, 0.6) is 0 Å². The van der Waals surface area contributed by atoms with Gasteiger partial charge in [-0.15, -0.1) is 0 Å². The fourth-order valence-corrected chi connectivity index (χ4v) is 7.04. The van der Waals surface area contributed by atoms with Crippen molar-refractivity contribution in [2.24, 2.45) is 9.98 Å². The Hall–Kier alpha value is -6.46. The van der Waals surface area contributed by atoms with Gasteiger partial charge in [-0.05, 0) is 46.7 Å². The zero-order valence-electron chi connectivity index (χ0n) is 25.7. The van der Waals surface area contributed by atoms with Crippen molar-refractivity contribution < 1.29 is 8.83 Å². The summed E-state index contributed by atoms with van der Waals surface area (Å²) in [5.41, 5.74) is 8.46. The lowest BCUT2D eigenvalue weighted by atomic mass is 9.99. The van der Waals surface area contributed by atoms with Crippen LogP contribution in [0.4, 0.5) is 0 Å². The summed E-state index contributed by atoms with van der Waals surface area (Å²) in [5.74, 6) is 1.40. The Balaban J connectivity index is 1.16. The number of hydrogen-bond donors (Lipinski definition) is 1. The maximum absolute atomic E-state index is 6.60. The first kappa shape index (κ1) is 26.7. The van der Waals surface area contributed by atoms with Gasteiger partial charge in [0.1, 0.15) is 34.3 Å². The minimum atomic E-state index is -0.421. The maximum Gasteiger partial charge on any atom is 0.159 e. The summed E-state index contributed by atoms with van der Waals surface area (Å²) in [5, 5.41) is 10.3. The summed E-state index contributed by atoms with van der Waals surface area (Å²) in [4.78, 5) is 10.4. The molecule has 10 rings (SSSR count). The molecule has 1 aliphatic rings. The highest BCUT2D eigenvalue weighted by Crippen LogP contribution is 2.40. The topological polar surface area (TPSA) is 63.0 Å². The van der Waals surface area contributed by atoms with Crippen LogP contribution in [-0.2, 0) is 0 Å². The third-order valence-corrected chi connectivity index (χ3v) is 9.34. The highest BCUT2D eigenvalue weighted by molar-refractivity contribution is 6.16. The molecule has 0 aliphatic carbocycles. The second kappa shape index (κ2) is 10.5. The summed E-state index contributed by atoms with van der Waals surface area (Å²) in [6.07, 6.45) is -0.421. The third-order valence-electron chi connectivity index (χ3n) is 9.34. The van der Waals surface area contributed by atoms with E-state index < -0.39 is 6.17 Å². The van der Waals surface area contributed by atoms with Gasteiger partial charge in [-0.2, -0.15) is 0 Å². The quantitative estimate of drug-likeness (QED) is 0.214. The van der Waals surface area contributed by atoms with Gasteiger partial charge in [0.15, 0.2) is 5.84 Å². The smallest absolute Gasteiger partial charge is 0.159 e. The van der Waals surface area contributed by atoms with Gasteiger partial charge < -0.3 is 14.2 Å². The Labute approximate surface area is 275 Å². The van der Waals surface area contributed by atoms with Crippen molar-refractivity contribution in [3.05, 3.63) is 168 Å². The molecule has 0 saturated carbocycles. The molecular formula is C43H27N3O2. The average Bonchev–Trinajstić information content (AvgIpc) is 3.73. The van der Waals surface area contributed by atoms with Gasteiger partial charge in [0.2, 0.25) is 0 Å². The Morgan fingerprint density at radius 1 is 0.500 bits per heavy atom. The predicted molar refractivity (Wildman–Crippen MR) is 196 cm³/mol. The van der Waals surface area contributed by atoms with Gasteiger partial charge in [-0.3, -0.25) is 0 Å². The normalized spacial score (nSPS) is 14.9. The lowest BCUT2D eigenvalue weighted by Gasteiger charge is -2.24. The summed E-state index contributed by atoms with van der Waals surface area (Å²) < 4.78 is 12.9. The molecule has 1 N–H and O–H groups in total. The molecule has 2 aromatic heterocycles. The molecule has 1 atom stereocenters. The fraction of sp³-hybridized carbons (Fsp3) is 0.0233. The van der Waals surface area contributed by atoms with Crippen LogP contribution in [0, 0.1) is 0 Å². The molecule has 226 valence electrons. The van der Waals surface area contributed by atoms with Crippen molar-refractivity contribution in [3.8, 4) is 11.1 Å². The molecule has 3 heterocycles. The molecule has 0 spiro atoms. The number of furan rings is 2. The molecule has 0 bridgehead atoms. The van der Waals surface area contributed by atoms with Gasteiger partial charge in [-0.1, -0.05) is 121 Å². The number of aliphatic imine (C=N–C) groups is 2. The first-order valence-electron chi connectivity index (χ1n) is 16.1. The van der Waals surface area contributed by atoms with Gasteiger partial charge in [-0.25, -0.2) is 9.98 Å². The maximum atomic E-state index is 6.60. The number of fused-ring (bicyclic) bond motifs is 7. The predicted octanol–water partition coefficient (Wildman–Crippen LogP) is 10.8.